The Kier molecular flexibility index (Phi) is 4.66. The first-order chi connectivity index (χ1) is 8.61. The van der Waals surface area contributed by atoms with Gasteiger partial charge < -0.3 is 10.0 Å². The molecule has 3 heteroatoms. The highest BCUT2D eigenvalue weighted by Crippen LogP contribution is 2.34. The molecule has 3 nitrogen and oxygen atoms in total. The lowest BCUT2D eigenvalue weighted by molar-refractivity contribution is -0.141. The van der Waals surface area contributed by atoms with Crippen LogP contribution in [0.4, 0.5) is 0 Å². The molecule has 18 heavy (non-hydrogen) atoms. The fraction of sp³-hybridized carbons (Fsp3) is 0.933. The maximum absolute atomic E-state index is 12.3. The van der Waals surface area contributed by atoms with E-state index in [0.717, 1.165) is 38.6 Å². The molecule has 1 saturated carbocycles. The fourth-order valence-electron chi connectivity index (χ4n) is 3.60. The summed E-state index contributed by atoms with van der Waals surface area (Å²) >= 11 is 0. The van der Waals surface area contributed by atoms with Crippen molar-refractivity contribution in [3.63, 3.8) is 0 Å². The summed E-state index contributed by atoms with van der Waals surface area (Å²) in [5.41, 5.74) is 0. The van der Waals surface area contributed by atoms with Crippen LogP contribution < -0.4 is 0 Å². The monoisotopic (exact) mass is 253 g/mol. The number of likely N-dealkylation sites (tertiary alicyclic amines) is 1. The Labute approximate surface area is 111 Å². The number of piperidine rings is 1. The highest BCUT2D eigenvalue weighted by atomic mass is 16.3. The molecule has 2 rings (SSSR count). The molecule has 0 spiro atoms. The zero-order valence-corrected chi connectivity index (χ0v) is 11.8. The van der Waals surface area contributed by atoms with Crippen molar-refractivity contribution >= 4 is 5.91 Å². The lowest BCUT2D eigenvalue weighted by Crippen LogP contribution is -2.52. The highest BCUT2D eigenvalue weighted by molar-refractivity contribution is 5.78. The first kappa shape index (κ1) is 13.9. The molecule has 1 heterocycles. The van der Waals surface area contributed by atoms with E-state index in [0.29, 0.717) is 12.0 Å². The standard InChI is InChI=1S/C15H27NO2/c1-11(2)15(18)16-10-6-5-8-13(16)12-7-3-4-9-14(12)17/h11-14,17H,3-10H2,1-2H3. The van der Waals surface area contributed by atoms with E-state index in [1.807, 2.05) is 13.8 Å². The van der Waals surface area contributed by atoms with Crippen LogP contribution in [0.3, 0.4) is 0 Å². The van der Waals surface area contributed by atoms with E-state index < -0.39 is 0 Å². The van der Waals surface area contributed by atoms with Crippen LogP contribution in [0.1, 0.15) is 58.8 Å². The minimum Gasteiger partial charge on any atom is -0.393 e. The third-order valence-electron chi connectivity index (χ3n) is 4.60. The van der Waals surface area contributed by atoms with Gasteiger partial charge in [-0.3, -0.25) is 4.79 Å². The van der Waals surface area contributed by atoms with Gasteiger partial charge in [0.2, 0.25) is 5.91 Å². The van der Waals surface area contributed by atoms with Gasteiger partial charge in [-0.25, -0.2) is 0 Å². The number of rotatable bonds is 2. The van der Waals surface area contributed by atoms with Crippen LogP contribution in [-0.2, 0) is 4.79 Å². The molecule has 0 aromatic rings. The van der Waals surface area contributed by atoms with Crippen molar-refractivity contribution in [2.75, 3.05) is 6.54 Å². The van der Waals surface area contributed by atoms with Crippen molar-refractivity contribution in [2.24, 2.45) is 11.8 Å². The molecule has 2 aliphatic rings. The Morgan fingerprint density at radius 2 is 1.78 bits per heavy atom. The third-order valence-corrected chi connectivity index (χ3v) is 4.60. The molecule has 1 N–H and O–H groups in total. The Hall–Kier alpha value is -0.570. The van der Waals surface area contributed by atoms with Crippen molar-refractivity contribution in [2.45, 2.75) is 70.9 Å². The van der Waals surface area contributed by atoms with Crippen molar-refractivity contribution < 1.29 is 9.90 Å². The number of aliphatic hydroxyl groups is 1. The maximum Gasteiger partial charge on any atom is 0.225 e. The normalized spacial score (nSPS) is 33.8. The molecule has 3 unspecified atom stereocenters. The average molecular weight is 253 g/mol. The topological polar surface area (TPSA) is 40.5 Å². The van der Waals surface area contributed by atoms with Gasteiger partial charge in [-0.05, 0) is 32.1 Å². The van der Waals surface area contributed by atoms with Crippen LogP contribution >= 0.6 is 0 Å². The van der Waals surface area contributed by atoms with Crippen LogP contribution in [0.25, 0.3) is 0 Å². The number of carbonyl (C=O) groups excluding carboxylic acids is 1. The minimum absolute atomic E-state index is 0.0753. The van der Waals surface area contributed by atoms with Gasteiger partial charge in [-0.2, -0.15) is 0 Å². The van der Waals surface area contributed by atoms with Crippen LogP contribution in [0, 0.1) is 11.8 Å². The summed E-state index contributed by atoms with van der Waals surface area (Å²) in [5.74, 6) is 0.672. The summed E-state index contributed by atoms with van der Waals surface area (Å²) in [4.78, 5) is 14.4. The molecule has 0 radical (unpaired) electrons. The van der Waals surface area contributed by atoms with E-state index in [-0.39, 0.29) is 17.9 Å². The quantitative estimate of drug-likeness (QED) is 0.821. The molecule has 1 amide bonds. The van der Waals surface area contributed by atoms with Crippen LogP contribution in [0.15, 0.2) is 0 Å². The summed E-state index contributed by atoms with van der Waals surface area (Å²) in [7, 11) is 0. The zero-order valence-electron chi connectivity index (χ0n) is 11.8. The van der Waals surface area contributed by atoms with E-state index in [2.05, 4.69) is 4.90 Å². The Bertz CT molecular complexity index is 290. The summed E-state index contributed by atoms with van der Waals surface area (Å²) in [6, 6.07) is 0.295. The zero-order chi connectivity index (χ0) is 13.1. The first-order valence-corrected chi connectivity index (χ1v) is 7.60. The number of carbonyl (C=O) groups is 1. The second-order valence-electron chi connectivity index (χ2n) is 6.27. The van der Waals surface area contributed by atoms with E-state index in [1.54, 1.807) is 0 Å². The molecular formula is C15H27NO2. The molecule has 1 aliphatic carbocycles. The molecule has 1 saturated heterocycles. The molecule has 2 fully saturated rings. The lowest BCUT2D eigenvalue weighted by Gasteiger charge is -2.44. The molecule has 3 atom stereocenters. The van der Waals surface area contributed by atoms with Crippen LogP contribution in [-0.4, -0.2) is 34.6 Å². The highest BCUT2D eigenvalue weighted by Gasteiger charge is 2.37. The predicted octanol–water partition coefficient (Wildman–Crippen LogP) is 2.57. The maximum atomic E-state index is 12.3. The fourth-order valence-corrected chi connectivity index (χ4v) is 3.60. The Balaban J connectivity index is 2.09. The summed E-state index contributed by atoms with van der Waals surface area (Å²) < 4.78 is 0. The molecule has 1 aliphatic heterocycles. The number of amides is 1. The summed E-state index contributed by atoms with van der Waals surface area (Å²) in [6.45, 7) is 4.85. The van der Waals surface area contributed by atoms with E-state index >= 15 is 0 Å². The van der Waals surface area contributed by atoms with Crippen LogP contribution in [0.2, 0.25) is 0 Å². The molecule has 0 aromatic carbocycles. The third kappa shape index (κ3) is 2.87. The van der Waals surface area contributed by atoms with Gasteiger partial charge in [0.15, 0.2) is 0 Å². The second-order valence-corrected chi connectivity index (χ2v) is 6.27. The van der Waals surface area contributed by atoms with Crippen molar-refractivity contribution in [3.05, 3.63) is 0 Å². The molecule has 0 aromatic heterocycles. The molecule has 104 valence electrons. The number of nitrogens with zero attached hydrogens (tertiary/aromatic N) is 1. The van der Waals surface area contributed by atoms with E-state index in [4.69, 9.17) is 0 Å². The van der Waals surface area contributed by atoms with Crippen molar-refractivity contribution in [3.8, 4) is 0 Å². The van der Waals surface area contributed by atoms with Crippen molar-refractivity contribution in [1.82, 2.24) is 4.90 Å². The van der Waals surface area contributed by atoms with Gasteiger partial charge in [0.1, 0.15) is 0 Å². The van der Waals surface area contributed by atoms with Gasteiger partial charge in [0.25, 0.3) is 0 Å². The molecule has 0 bridgehead atoms. The van der Waals surface area contributed by atoms with E-state index in [9.17, 15) is 9.90 Å². The lowest BCUT2D eigenvalue weighted by atomic mass is 9.77. The van der Waals surface area contributed by atoms with E-state index in [1.165, 1.54) is 12.8 Å². The number of hydrogen-bond acceptors (Lipinski definition) is 2. The minimum atomic E-state index is -0.190. The van der Waals surface area contributed by atoms with Crippen molar-refractivity contribution in [1.29, 1.82) is 0 Å². The van der Waals surface area contributed by atoms with Gasteiger partial charge in [-0.15, -0.1) is 0 Å². The smallest absolute Gasteiger partial charge is 0.225 e. The predicted molar refractivity (Wildman–Crippen MR) is 72.2 cm³/mol. The molecular weight excluding hydrogens is 226 g/mol. The summed E-state index contributed by atoms with van der Waals surface area (Å²) in [5, 5.41) is 10.2. The van der Waals surface area contributed by atoms with Gasteiger partial charge >= 0.3 is 0 Å². The second kappa shape index (κ2) is 6.05. The van der Waals surface area contributed by atoms with Crippen LogP contribution in [0.5, 0.6) is 0 Å². The van der Waals surface area contributed by atoms with Gasteiger partial charge in [0, 0.05) is 24.4 Å². The number of hydrogen-bond donors (Lipinski definition) is 1. The van der Waals surface area contributed by atoms with Gasteiger partial charge in [-0.1, -0.05) is 26.7 Å². The Morgan fingerprint density at radius 3 is 2.44 bits per heavy atom. The summed E-state index contributed by atoms with van der Waals surface area (Å²) in [6.07, 6.45) is 7.58. The SMILES string of the molecule is CC(C)C(=O)N1CCCCC1C1CCCCC1O. The number of aliphatic hydroxyl groups excluding tert-OH is 1. The van der Waals surface area contributed by atoms with Gasteiger partial charge in [0.05, 0.1) is 6.10 Å². The largest absolute Gasteiger partial charge is 0.393 e. The first-order valence-electron chi connectivity index (χ1n) is 7.60. The Morgan fingerprint density at radius 1 is 1.11 bits per heavy atom. The average Bonchev–Trinajstić information content (AvgIpc) is 2.38.